The van der Waals surface area contributed by atoms with E-state index in [1.807, 2.05) is 0 Å². The molecule has 0 saturated heterocycles. The first-order valence-corrected chi connectivity index (χ1v) is 10.5. The standard InChI is InChI=1S/C10H17N5O9P2/c11-10-13-8-7(9(16)14-10)12-3-15(8)6(1-23-4-25(17,18)19)2-24-5-26(20,21)22/h3,6H,1-2,4-5H2,(H2,17,18,19)(H2,20,21,22)(H3,11,13,14,16). The van der Waals surface area contributed by atoms with Crippen LogP contribution < -0.4 is 11.3 Å². The molecule has 0 aliphatic rings. The van der Waals surface area contributed by atoms with Crippen LogP contribution in [0.15, 0.2) is 11.1 Å². The fourth-order valence-corrected chi connectivity index (χ4v) is 2.72. The minimum Gasteiger partial charge on any atom is -0.369 e. The molecule has 0 atom stereocenters. The highest BCUT2D eigenvalue weighted by molar-refractivity contribution is 7.51. The molecule has 0 amide bonds. The Kier molecular flexibility index (Phi) is 6.32. The minimum absolute atomic E-state index is 0.0471. The number of aromatic amines is 1. The Morgan fingerprint density at radius 1 is 1.15 bits per heavy atom. The van der Waals surface area contributed by atoms with Crippen molar-refractivity contribution in [1.29, 1.82) is 0 Å². The molecule has 26 heavy (non-hydrogen) atoms. The zero-order valence-corrected chi connectivity index (χ0v) is 14.9. The van der Waals surface area contributed by atoms with Crippen molar-refractivity contribution in [1.82, 2.24) is 19.5 Å². The van der Waals surface area contributed by atoms with Gasteiger partial charge in [0.25, 0.3) is 5.56 Å². The molecule has 2 aromatic heterocycles. The van der Waals surface area contributed by atoms with Gasteiger partial charge >= 0.3 is 15.2 Å². The Labute approximate surface area is 145 Å². The van der Waals surface area contributed by atoms with Gasteiger partial charge in [0, 0.05) is 0 Å². The summed E-state index contributed by atoms with van der Waals surface area (Å²) in [5, 5.41) is 0. The van der Waals surface area contributed by atoms with Gasteiger partial charge in [-0.2, -0.15) is 4.98 Å². The topological polar surface area (TPSA) is 223 Å². The van der Waals surface area contributed by atoms with Gasteiger partial charge in [-0.1, -0.05) is 0 Å². The van der Waals surface area contributed by atoms with E-state index in [-0.39, 0.29) is 30.3 Å². The third-order valence-electron chi connectivity index (χ3n) is 2.98. The lowest BCUT2D eigenvalue weighted by atomic mass is 10.3. The minimum atomic E-state index is -4.42. The van der Waals surface area contributed by atoms with Gasteiger partial charge in [0.2, 0.25) is 5.95 Å². The van der Waals surface area contributed by atoms with Gasteiger partial charge in [-0.3, -0.25) is 18.9 Å². The monoisotopic (exact) mass is 413 g/mol. The van der Waals surface area contributed by atoms with Gasteiger partial charge in [0.05, 0.1) is 25.6 Å². The Balaban J connectivity index is 2.26. The number of aromatic nitrogens is 4. The molecular weight excluding hydrogens is 396 g/mol. The summed E-state index contributed by atoms with van der Waals surface area (Å²) >= 11 is 0. The van der Waals surface area contributed by atoms with Gasteiger partial charge in [-0.05, 0) is 0 Å². The van der Waals surface area contributed by atoms with Gasteiger partial charge in [-0.15, -0.1) is 0 Å². The fraction of sp³-hybridized carbons (Fsp3) is 0.500. The molecule has 14 nitrogen and oxygen atoms in total. The highest BCUT2D eigenvalue weighted by atomic mass is 31.2. The fourth-order valence-electron chi connectivity index (χ4n) is 2.03. The van der Waals surface area contributed by atoms with E-state index < -0.39 is 39.5 Å². The number of imidazole rings is 1. The number of nitrogens with zero attached hydrogens (tertiary/aromatic N) is 3. The van der Waals surface area contributed by atoms with Crippen molar-refractivity contribution in [3.63, 3.8) is 0 Å². The number of nitrogen functional groups attached to an aromatic ring is 1. The Bertz CT molecular complexity index is 887. The molecule has 0 spiro atoms. The number of ether oxygens (including phenoxy) is 2. The quantitative estimate of drug-likeness (QED) is 0.260. The van der Waals surface area contributed by atoms with Crippen molar-refractivity contribution >= 4 is 32.3 Å². The van der Waals surface area contributed by atoms with E-state index in [9.17, 15) is 13.9 Å². The molecule has 0 radical (unpaired) electrons. The van der Waals surface area contributed by atoms with E-state index in [1.165, 1.54) is 10.9 Å². The van der Waals surface area contributed by atoms with E-state index in [0.29, 0.717) is 0 Å². The maximum absolute atomic E-state index is 11.8. The van der Waals surface area contributed by atoms with Gasteiger partial charge < -0.3 is 39.3 Å². The summed E-state index contributed by atoms with van der Waals surface area (Å²) in [7, 11) is -8.84. The second kappa shape index (κ2) is 7.94. The summed E-state index contributed by atoms with van der Waals surface area (Å²) in [6.45, 7) is -0.627. The summed E-state index contributed by atoms with van der Waals surface area (Å²) in [5.74, 6) is -0.185. The lowest BCUT2D eigenvalue weighted by Crippen LogP contribution is -2.22. The SMILES string of the molecule is Nc1nc2c(ncn2C(COCP(=O)(O)O)COCP(=O)(O)O)c(=O)[nH]1. The van der Waals surface area contributed by atoms with Crippen molar-refractivity contribution in [3.05, 3.63) is 16.7 Å². The molecule has 2 rings (SSSR count). The molecule has 0 aliphatic heterocycles. The van der Waals surface area contributed by atoms with Gasteiger partial charge in [-0.25, -0.2) is 4.98 Å². The number of H-pyrrole nitrogens is 1. The third kappa shape index (κ3) is 5.97. The van der Waals surface area contributed by atoms with Crippen LogP contribution in [0.25, 0.3) is 11.2 Å². The predicted octanol–water partition coefficient (Wildman–Crippen LogP) is -1.45. The van der Waals surface area contributed by atoms with Crippen molar-refractivity contribution in [2.45, 2.75) is 6.04 Å². The lowest BCUT2D eigenvalue weighted by Gasteiger charge is -2.19. The van der Waals surface area contributed by atoms with Crippen LogP contribution in [0.5, 0.6) is 0 Å². The van der Waals surface area contributed by atoms with Crippen molar-refractivity contribution in [3.8, 4) is 0 Å². The molecule has 2 aromatic rings. The number of nitrogens with two attached hydrogens (primary N) is 1. The second-order valence-corrected chi connectivity index (χ2v) is 8.43. The molecule has 0 unspecified atom stereocenters. The van der Waals surface area contributed by atoms with Crippen molar-refractivity contribution in [2.24, 2.45) is 0 Å². The zero-order chi connectivity index (χ0) is 19.5. The third-order valence-corrected chi connectivity index (χ3v) is 4.02. The summed E-state index contributed by atoms with van der Waals surface area (Å²) < 4.78 is 33.0. The molecule has 0 aromatic carbocycles. The van der Waals surface area contributed by atoms with Crippen LogP contribution in [0.4, 0.5) is 5.95 Å². The smallest absolute Gasteiger partial charge is 0.350 e. The molecule has 0 fully saturated rings. The first-order valence-electron chi connectivity index (χ1n) is 6.93. The molecule has 0 aliphatic carbocycles. The van der Waals surface area contributed by atoms with E-state index >= 15 is 0 Å². The summed E-state index contributed by atoms with van der Waals surface area (Å²) in [6, 6.07) is -0.841. The van der Waals surface area contributed by atoms with Crippen molar-refractivity contribution in [2.75, 3.05) is 31.6 Å². The molecule has 0 saturated carbocycles. The number of hydrogen-bond acceptors (Lipinski definition) is 8. The van der Waals surface area contributed by atoms with Crippen LogP contribution in [-0.4, -0.2) is 65.0 Å². The van der Waals surface area contributed by atoms with Crippen LogP contribution in [0.3, 0.4) is 0 Å². The molecule has 16 heteroatoms. The van der Waals surface area contributed by atoms with Crippen LogP contribution >= 0.6 is 15.2 Å². The van der Waals surface area contributed by atoms with E-state index in [4.69, 9.17) is 34.8 Å². The van der Waals surface area contributed by atoms with Crippen molar-refractivity contribution < 1.29 is 38.2 Å². The highest BCUT2D eigenvalue weighted by Crippen LogP contribution is 2.35. The predicted molar refractivity (Wildman–Crippen MR) is 87.3 cm³/mol. The average Bonchev–Trinajstić information content (AvgIpc) is 2.87. The summed E-state index contributed by atoms with van der Waals surface area (Å²) in [6.07, 6.45) is -0.533. The van der Waals surface area contributed by atoms with Gasteiger partial charge in [0.15, 0.2) is 11.2 Å². The molecule has 2 heterocycles. The number of fused-ring (bicyclic) bond motifs is 1. The maximum atomic E-state index is 11.8. The number of hydrogen-bond donors (Lipinski definition) is 6. The average molecular weight is 413 g/mol. The van der Waals surface area contributed by atoms with E-state index in [1.54, 1.807) is 0 Å². The second-order valence-electron chi connectivity index (χ2n) is 5.26. The number of nitrogens with one attached hydrogen (secondary N) is 1. The van der Waals surface area contributed by atoms with Gasteiger partial charge in [0.1, 0.15) is 12.7 Å². The highest BCUT2D eigenvalue weighted by Gasteiger charge is 2.22. The molecule has 146 valence electrons. The lowest BCUT2D eigenvalue weighted by molar-refractivity contribution is 0.0655. The van der Waals surface area contributed by atoms with Crippen LogP contribution in [0, 0.1) is 0 Å². The number of rotatable bonds is 9. The van der Waals surface area contributed by atoms with Crippen LogP contribution in [0.2, 0.25) is 0 Å². The Hall–Kier alpha value is -1.63. The summed E-state index contributed by atoms with van der Waals surface area (Å²) in [4.78, 5) is 57.3. The van der Waals surface area contributed by atoms with Crippen LogP contribution in [0.1, 0.15) is 6.04 Å². The Morgan fingerprint density at radius 3 is 2.19 bits per heavy atom. The number of anilines is 1. The Morgan fingerprint density at radius 2 is 1.69 bits per heavy atom. The first kappa shape index (κ1) is 20.7. The molecule has 7 N–H and O–H groups in total. The first-order chi connectivity index (χ1) is 12.0. The molecule has 0 bridgehead atoms. The van der Waals surface area contributed by atoms with E-state index in [0.717, 1.165) is 0 Å². The summed E-state index contributed by atoms with van der Waals surface area (Å²) in [5.41, 5.74) is 4.90. The van der Waals surface area contributed by atoms with E-state index in [2.05, 4.69) is 15.0 Å². The maximum Gasteiger partial charge on any atom is 0.350 e. The zero-order valence-electron chi connectivity index (χ0n) is 13.1. The van der Waals surface area contributed by atoms with Crippen LogP contribution in [-0.2, 0) is 18.6 Å². The molecular formula is C10H17N5O9P2. The normalized spacial score (nSPS) is 13.0. The largest absolute Gasteiger partial charge is 0.369 e.